The minimum Gasteiger partial charge on any atom is -0.282 e. The van der Waals surface area contributed by atoms with E-state index in [0.717, 1.165) is 16.7 Å². The predicted molar refractivity (Wildman–Crippen MR) is 104 cm³/mol. The minimum atomic E-state index is 0.104. The maximum absolute atomic E-state index is 12.3. The summed E-state index contributed by atoms with van der Waals surface area (Å²) in [6.45, 7) is 2.22. The van der Waals surface area contributed by atoms with Crippen LogP contribution in [0.2, 0.25) is 0 Å². The monoisotopic (exact) mass is 332 g/mol. The van der Waals surface area contributed by atoms with Gasteiger partial charge in [0, 0.05) is 11.5 Å². The first-order chi connectivity index (χ1) is 11.7. The third kappa shape index (κ3) is 3.29. The molecule has 0 N–H and O–H groups in total. The zero-order valence-electron chi connectivity index (χ0n) is 13.9. The van der Waals surface area contributed by atoms with Crippen molar-refractivity contribution in [2.45, 2.75) is 12.8 Å². The van der Waals surface area contributed by atoms with E-state index >= 15 is 0 Å². The molecule has 0 aliphatic rings. The molecular weight excluding hydrogens is 312 g/mol. The Hall–Kier alpha value is -2.32. The van der Waals surface area contributed by atoms with Crippen LogP contribution in [0.3, 0.4) is 0 Å². The summed E-state index contributed by atoms with van der Waals surface area (Å²) in [5.74, 6) is 0.264. The summed E-state index contributed by atoms with van der Waals surface area (Å²) in [7, 11) is 0. The van der Waals surface area contributed by atoms with Gasteiger partial charge in [-0.25, -0.2) is 0 Å². The molecule has 0 bridgehead atoms. The van der Waals surface area contributed by atoms with Crippen molar-refractivity contribution in [2.75, 3.05) is 6.26 Å². The van der Waals surface area contributed by atoms with Gasteiger partial charge >= 0.3 is 0 Å². The van der Waals surface area contributed by atoms with E-state index in [2.05, 4.69) is 49.4 Å². The summed E-state index contributed by atoms with van der Waals surface area (Å²) in [5.41, 5.74) is 5.43. The standard InChI is InChI=1S/C22H20OS/c1-16(17-10-4-3-5-11-17)18-12-6-7-13-19(18)20-14-8-9-15-21(20)22(23)24-2/h3-16H,1-2H3. The summed E-state index contributed by atoms with van der Waals surface area (Å²) in [5, 5.41) is 0.104. The fourth-order valence-corrected chi connectivity index (χ4v) is 3.45. The van der Waals surface area contributed by atoms with Gasteiger partial charge in [-0.3, -0.25) is 4.79 Å². The smallest absolute Gasteiger partial charge is 0.219 e. The van der Waals surface area contributed by atoms with Crippen LogP contribution in [-0.2, 0) is 0 Å². The lowest BCUT2D eigenvalue weighted by molar-refractivity contribution is 0.109. The molecule has 0 aliphatic carbocycles. The highest BCUT2D eigenvalue weighted by Crippen LogP contribution is 2.35. The molecule has 1 atom stereocenters. The second kappa shape index (κ2) is 7.50. The molecule has 1 unspecified atom stereocenters. The molecule has 2 heteroatoms. The van der Waals surface area contributed by atoms with Gasteiger partial charge in [-0.1, -0.05) is 91.5 Å². The van der Waals surface area contributed by atoms with Gasteiger partial charge in [-0.15, -0.1) is 0 Å². The van der Waals surface area contributed by atoms with Crippen molar-refractivity contribution in [1.82, 2.24) is 0 Å². The molecule has 24 heavy (non-hydrogen) atoms. The normalized spacial score (nSPS) is 11.9. The second-order valence-electron chi connectivity index (χ2n) is 5.76. The highest BCUT2D eigenvalue weighted by atomic mass is 32.2. The maximum atomic E-state index is 12.3. The zero-order chi connectivity index (χ0) is 16.9. The summed E-state index contributed by atoms with van der Waals surface area (Å²) < 4.78 is 0. The Morgan fingerprint density at radius 3 is 2.08 bits per heavy atom. The zero-order valence-corrected chi connectivity index (χ0v) is 14.7. The molecule has 3 rings (SSSR count). The van der Waals surface area contributed by atoms with Gasteiger partial charge in [0.15, 0.2) is 0 Å². The average molecular weight is 332 g/mol. The lowest BCUT2D eigenvalue weighted by Gasteiger charge is -2.18. The van der Waals surface area contributed by atoms with Crippen LogP contribution in [-0.4, -0.2) is 11.4 Å². The van der Waals surface area contributed by atoms with Crippen LogP contribution in [0.25, 0.3) is 11.1 Å². The Bertz CT molecular complexity index is 839. The molecule has 1 nitrogen and oxygen atoms in total. The largest absolute Gasteiger partial charge is 0.282 e. The fourth-order valence-electron chi connectivity index (χ4n) is 3.05. The van der Waals surface area contributed by atoms with Crippen molar-refractivity contribution in [3.8, 4) is 11.1 Å². The van der Waals surface area contributed by atoms with Crippen molar-refractivity contribution in [3.05, 3.63) is 95.6 Å². The molecule has 0 saturated carbocycles. The lowest BCUT2D eigenvalue weighted by atomic mass is 9.86. The number of thioether (sulfide) groups is 1. The number of carbonyl (C=O) groups is 1. The molecule has 3 aromatic rings. The quantitative estimate of drug-likeness (QED) is 0.582. The van der Waals surface area contributed by atoms with Crippen molar-refractivity contribution in [2.24, 2.45) is 0 Å². The predicted octanol–water partition coefficient (Wildman–Crippen LogP) is 6.01. The van der Waals surface area contributed by atoms with E-state index in [1.54, 1.807) is 0 Å². The molecule has 120 valence electrons. The van der Waals surface area contributed by atoms with Crippen LogP contribution in [0.15, 0.2) is 78.9 Å². The number of benzene rings is 3. The number of hydrogen-bond acceptors (Lipinski definition) is 2. The van der Waals surface area contributed by atoms with E-state index in [9.17, 15) is 4.79 Å². The van der Waals surface area contributed by atoms with E-state index in [0.29, 0.717) is 0 Å². The molecular formula is C22H20OS. The average Bonchev–Trinajstić information content (AvgIpc) is 2.67. The van der Waals surface area contributed by atoms with Crippen LogP contribution in [0.4, 0.5) is 0 Å². The Labute approximate surface area is 147 Å². The van der Waals surface area contributed by atoms with Crippen LogP contribution in [0.1, 0.15) is 34.3 Å². The fraction of sp³-hybridized carbons (Fsp3) is 0.136. The van der Waals surface area contributed by atoms with Gasteiger partial charge in [-0.05, 0) is 34.6 Å². The Kier molecular flexibility index (Phi) is 5.17. The molecule has 0 fully saturated rings. The summed E-state index contributed by atoms with van der Waals surface area (Å²) in [4.78, 5) is 12.3. The molecule has 0 amide bonds. The highest BCUT2D eigenvalue weighted by Gasteiger charge is 2.17. The van der Waals surface area contributed by atoms with Crippen LogP contribution >= 0.6 is 11.8 Å². The second-order valence-corrected chi connectivity index (χ2v) is 6.54. The maximum Gasteiger partial charge on any atom is 0.219 e. The number of hydrogen-bond donors (Lipinski definition) is 0. The first-order valence-electron chi connectivity index (χ1n) is 8.04. The van der Waals surface area contributed by atoms with Crippen molar-refractivity contribution in [3.63, 3.8) is 0 Å². The molecule has 0 radical (unpaired) electrons. The minimum absolute atomic E-state index is 0.104. The van der Waals surface area contributed by atoms with E-state index in [1.165, 1.54) is 22.9 Å². The van der Waals surface area contributed by atoms with Gasteiger partial charge < -0.3 is 0 Å². The Morgan fingerprint density at radius 2 is 1.38 bits per heavy atom. The molecule has 0 saturated heterocycles. The van der Waals surface area contributed by atoms with E-state index in [-0.39, 0.29) is 11.0 Å². The summed E-state index contributed by atoms with van der Waals surface area (Å²) in [6.07, 6.45) is 1.83. The van der Waals surface area contributed by atoms with Crippen molar-refractivity contribution >= 4 is 16.9 Å². The van der Waals surface area contributed by atoms with Crippen molar-refractivity contribution < 1.29 is 4.79 Å². The van der Waals surface area contributed by atoms with Crippen LogP contribution in [0, 0.1) is 0 Å². The Balaban J connectivity index is 2.13. The third-order valence-corrected chi connectivity index (χ3v) is 4.94. The van der Waals surface area contributed by atoms with Gasteiger partial charge in [0.05, 0.1) is 0 Å². The summed E-state index contributed by atoms with van der Waals surface area (Å²) >= 11 is 1.26. The number of rotatable bonds is 4. The molecule has 0 heterocycles. The first kappa shape index (κ1) is 16.5. The Morgan fingerprint density at radius 1 is 0.792 bits per heavy atom. The topological polar surface area (TPSA) is 17.1 Å². The molecule has 0 aliphatic heterocycles. The van der Waals surface area contributed by atoms with Gasteiger partial charge in [0.2, 0.25) is 5.12 Å². The third-order valence-electron chi connectivity index (χ3n) is 4.35. The van der Waals surface area contributed by atoms with Gasteiger partial charge in [0.25, 0.3) is 0 Å². The van der Waals surface area contributed by atoms with E-state index in [1.807, 2.05) is 42.7 Å². The van der Waals surface area contributed by atoms with E-state index in [4.69, 9.17) is 0 Å². The highest BCUT2D eigenvalue weighted by molar-refractivity contribution is 8.13. The van der Waals surface area contributed by atoms with E-state index < -0.39 is 0 Å². The lowest BCUT2D eigenvalue weighted by Crippen LogP contribution is -2.02. The molecule has 0 aromatic heterocycles. The van der Waals surface area contributed by atoms with Crippen LogP contribution < -0.4 is 0 Å². The first-order valence-corrected chi connectivity index (χ1v) is 9.26. The molecule has 3 aromatic carbocycles. The number of carbonyl (C=O) groups excluding carboxylic acids is 1. The van der Waals surface area contributed by atoms with Crippen molar-refractivity contribution in [1.29, 1.82) is 0 Å². The SMILES string of the molecule is CSC(=O)c1ccccc1-c1ccccc1C(C)c1ccccc1. The van der Waals surface area contributed by atoms with Gasteiger partial charge in [-0.2, -0.15) is 0 Å². The van der Waals surface area contributed by atoms with Gasteiger partial charge in [0.1, 0.15) is 0 Å². The van der Waals surface area contributed by atoms with Crippen LogP contribution in [0.5, 0.6) is 0 Å². The summed E-state index contributed by atoms with van der Waals surface area (Å²) in [6, 6.07) is 26.7. The molecule has 0 spiro atoms.